The summed E-state index contributed by atoms with van der Waals surface area (Å²) in [6.45, 7) is 4.67. The van der Waals surface area contributed by atoms with Gasteiger partial charge in [0.25, 0.3) is 0 Å². The van der Waals surface area contributed by atoms with E-state index < -0.39 is 5.97 Å². The maximum absolute atomic E-state index is 11.2. The highest BCUT2D eigenvalue weighted by atomic mass is 32.1. The van der Waals surface area contributed by atoms with Gasteiger partial charge in [-0.15, -0.1) is 11.3 Å². The molecule has 0 unspecified atom stereocenters. The molecule has 0 atom stereocenters. The second-order valence-electron chi connectivity index (χ2n) is 4.88. The number of imidazole rings is 1. The Morgan fingerprint density at radius 1 is 1.35 bits per heavy atom. The van der Waals surface area contributed by atoms with Crippen LogP contribution < -0.4 is 0 Å². The lowest BCUT2D eigenvalue weighted by Crippen LogP contribution is -2.03. The molecule has 0 fully saturated rings. The molecule has 0 saturated heterocycles. The average Bonchev–Trinajstić information content (AvgIpc) is 2.99. The molecule has 0 spiro atoms. The first-order valence-electron chi connectivity index (χ1n) is 6.28. The number of carboxylic acid groups (broad SMARTS) is 1. The van der Waals surface area contributed by atoms with Crippen molar-refractivity contribution in [3.8, 4) is 0 Å². The molecule has 0 aliphatic rings. The predicted octanol–water partition coefficient (Wildman–Crippen LogP) is 3.46. The summed E-state index contributed by atoms with van der Waals surface area (Å²) in [4.78, 5) is 16.0. The van der Waals surface area contributed by atoms with Gasteiger partial charge in [-0.2, -0.15) is 0 Å². The van der Waals surface area contributed by atoms with Crippen molar-refractivity contribution in [3.63, 3.8) is 0 Å². The van der Waals surface area contributed by atoms with Crippen molar-refractivity contribution in [2.24, 2.45) is 0 Å². The van der Waals surface area contributed by atoms with Gasteiger partial charge in [-0.3, -0.25) is 0 Å². The van der Waals surface area contributed by atoms with Gasteiger partial charge < -0.3 is 9.67 Å². The van der Waals surface area contributed by atoms with E-state index in [1.54, 1.807) is 6.33 Å². The molecule has 4 nitrogen and oxygen atoms in total. The minimum Gasteiger partial charge on any atom is -0.477 e. The maximum Gasteiger partial charge on any atom is 0.346 e. The first-order chi connectivity index (χ1) is 9.56. The van der Waals surface area contributed by atoms with Crippen LogP contribution in [0.2, 0.25) is 0 Å². The van der Waals surface area contributed by atoms with Crippen molar-refractivity contribution in [1.29, 1.82) is 0 Å². The van der Waals surface area contributed by atoms with E-state index in [0.717, 1.165) is 16.6 Å². The minimum absolute atomic E-state index is 0.399. The molecule has 0 aliphatic carbocycles. The average molecular weight is 286 g/mol. The Morgan fingerprint density at radius 2 is 2.10 bits per heavy atom. The number of nitrogens with zero attached hydrogens (tertiary/aromatic N) is 2. The Hall–Kier alpha value is -2.14. The van der Waals surface area contributed by atoms with Crippen LogP contribution in [-0.4, -0.2) is 20.6 Å². The quantitative estimate of drug-likeness (QED) is 0.802. The normalized spacial score (nSPS) is 11.1. The molecule has 0 amide bonds. The van der Waals surface area contributed by atoms with Crippen molar-refractivity contribution in [2.75, 3.05) is 0 Å². The number of aromatic carboxylic acids is 1. The summed E-state index contributed by atoms with van der Waals surface area (Å²) in [5.41, 5.74) is 5.23. The third-order valence-corrected chi connectivity index (χ3v) is 4.46. The van der Waals surface area contributed by atoms with Crippen LogP contribution in [0.15, 0.2) is 29.9 Å². The number of aryl methyl sites for hydroxylation is 2. The van der Waals surface area contributed by atoms with Gasteiger partial charge in [0.2, 0.25) is 0 Å². The topological polar surface area (TPSA) is 55.1 Å². The lowest BCUT2D eigenvalue weighted by atomic mass is 10.1. The Morgan fingerprint density at radius 3 is 2.85 bits per heavy atom. The zero-order chi connectivity index (χ0) is 14.3. The highest BCUT2D eigenvalue weighted by Gasteiger charge is 2.13. The molecule has 1 N–H and O–H groups in total. The van der Waals surface area contributed by atoms with Crippen LogP contribution in [-0.2, 0) is 6.54 Å². The Balaban J connectivity index is 2.05. The molecule has 0 saturated carbocycles. The number of hydrogen-bond donors (Lipinski definition) is 1. The van der Waals surface area contributed by atoms with Crippen LogP contribution in [0.1, 0.15) is 26.4 Å². The van der Waals surface area contributed by atoms with E-state index in [2.05, 4.69) is 31.0 Å². The number of carbonyl (C=O) groups is 1. The summed E-state index contributed by atoms with van der Waals surface area (Å²) >= 11 is 1.26. The number of thiophene rings is 1. The number of benzene rings is 1. The molecule has 20 heavy (non-hydrogen) atoms. The van der Waals surface area contributed by atoms with Gasteiger partial charge in [0.05, 0.1) is 23.9 Å². The first-order valence-corrected chi connectivity index (χ1v) is 7.16. The lowest BCUT2D eigenvalue weighted by molar-refractivity contribution is 0.0701. The molecule has 2 aromatic heterocycles. The Labute approximate surface area is 120 Å². The molecule has 2 heterocycles. The first kappa shape index (κ1) is 12.9. The molecule has 3 aromatic rings. The number of rotatable bonds is 3. The largest absolute Gasteiger partial charge is 0.477 e. The monoisotopic (exact) mass is 286 g/mol. The van der Waals surface area contributed by atoms with E-state index in [1.807, 2.05) is 16.0 Å². The Bertz CT molecular complexity index is 801. The highest BCUT2D eigenvalue weighted by molar-refractivity contribution is 7.12. The van der Waals surface area contributed by atoms with Crippen LogP contribution in [0, 0.1) is 13.8 Å². The van der Waals surface area contributed by atoms with E-state index >= 15 is 0 Å². The van der Waals surface area contributed by atoms with Gasteiger partial charge in [0.15, 0.2) is 0 Å². The summed E-state index contributed by atoms with van der Waals surface area (Å²) in [5.74, 6) is -0.869. The van der Waals surface area contributed by atoms with Crippen molar-refractivity contribution in [2.45, 2.75) is 20.4 Å². The highest BCUT2D eigenvalue weighted by Crippen LogP contribution is 2.22. The smallest absolute Gasteiger partial charge is 0.346 e. The molecular weight excluding hydrogens is 272 g/mol. The van der Waals surface area contributed by atoms with E-state index in [1.165, 1.54) is 22.5 Å². The van der Waals surface area contributed by atoms with Crippen LogP contribution in [0.4, 0.5) is 0 Å². The van der Waals surface area contributed by atoms with Gasteiger partial charge in [-0.1, -0.05) is 0 Å². The molecule has 1 aromatic carbocycles. The van der Waals surface area contributed by atoms with Crippen molar-refractivity contribution >= 4 is 28.3 Å². The minimum atomic E-state index is -0.869. The van der Waals surface area contributed by atoms with Gasteiger partial charge in [0.1, 0.15) is 4.88 Å². The molecule has 0 aliphatic heterocycles. The van der Waals surface area contributed by atoms with Crippen molar-refractivity contribution in [1.82, 2.24) is 9.55 Å². The van der Waals surface area contributed by atoms with E-state index in [-0.39, 0.29) is 0 Å². The van der Waals surface area contributed by atoms with E-state index in [4.69, 9.17) is 5.11 Å². The van der Waals surface area contributed by atoms with Crippen LogP contribution in [0.5, 0.6) is 0 Å². The summed E-state index contributed by atoms with van der Waals surface area (Å²) in [7, 11) is 0. The number of hydrogen-bond acceptors (Lipinski definition) is 3. The fourth-order valence-corrected chi connectivity index (χ4v) is 3.02. The van der Waals surface area contributed by atoms with Gasteiger partial charge in [-0.05, 0) is 54.1 Å². The standard InChI is InChI=1S/C15H14N2O2S/c1-9-5-12-13(6-10(9)2)17(8-16-12)7-11-3-4-20-14(11)15(18)19/h3-6,8H,7H2,1-2H3,(H,18,19). The third-order valence-electron chi connectivity index (χ3n) is 3.52. The van der Waals surface area contributed by atoms with Crippen LogP contribution in [0.25, 0.3) is 11.0 Å². The van der Waals surface area contributed by atoms with Crippen molar-refractivity contribution < 1.29 is 9.90 Å². The molecule has 5 heteroatoms. The molecule has 0 bridgehead atoms. The summed E-state index contributed by atoms with van der Waals surface area (Å²) < 4.78 is 2.00. The zero-order valence-corrected chi connectivity index (χ0v) is 12.1. The van der Waals surface area contributed by atoms with E-state index in [9.17, 15) is 4.79 Å². The van der Waals surface area contributed by atoms with Gasteiger partial charge >= 0.3 is 5.97 Å². The summed E-state index contributed by atoms with van der Waals surface area (Å²) in [6.07, 6.45) is 1.77. The predicted molar refractivity (Wildman–Crippen MR) is 79.6 cm³/mol. The SMILES string of the molecule is Cc1cc2ncn(Cc3ccsc3C(=O)O)c2cc1C. The second-order valence-corrected chi connectivity index (χ2v) is 5.79. The zero-order valence-electron chi connectivity index (χ0n) is 11.3. The third kappa shape index (κ3) is 2.10. The van der Waals surface area contributed by atoms with Crippen LogP contribution >= 0.6 is 11.3 Å². The van der Waals surface area contributed by atoms with Gasteiger partial charge in [0, 0.05) is 0 Å². The van der Waals surface area contributed by atoms with Crippen molar-refractivity contribution in [3.05, 3.63) is 51.5 Å². The molecule has 3 rings (SSSR count). The molecular formula is C15H14N2O2S. The molecule has 0 radical (unpaired) electrons. The molecule has 102 valence electrons. The summed E-state index contributed by atoms with van der Waals surface area (Å²) in [6, 6.07) is 6.03. The number of fused-ring (bicyclic) bond motifs is 1. The number of aromatic nitrogens is 2. The van der Waals surface area contributed by atoms with Gasteiger partial charge in [-0.25, -0.2) is 9.78 Å². The number of carboxylic acids is 1. The second kappa shape index (κ2) is 4.76. The fourth-order valence-electron chi connectivity index (χ4n) is 2.27. The summed E-state index contributed by atoms with van der Waals surface area (Å²) in [5, 5.41) is 11.0. The van der Waals surface area contributed by atoms with E-state index in [0.29, 0.717) is 11.4 Å². The maximum atomic E-state index is 11.2. The fraction of sp³-hybridized carbons (Fsp3) is 0.200. The lowest BCUT2D eigenvalue weighted by Gasteiger charge is -2.06. The Kier molecular flexibility index (Phi) is 3.06. The van der Waals surface area contributed by atoms with Crippen LogP contribution in [0.3, 0.4) is 0 Å².